The number of hydrogen-bond acceptors (Lipinski definition) is 4. The Balaban J connectivity index is 0.00000312. The molecule has 1 saturated carbocycles. The van der Waals surface area contributed by atoms with Crippen molar-refractivity contribution in [3.63, 3.8) is 0 Å². The number of hydrogen-bond donors (Lipinski definition) is 2. The monoisotopic (exact) mass is 480 g/mol. The second-order valence-electron chi connectivity index (χ2n) is 6.84. The summed E-state index contributed by atoms with van der Waals surface area (Å²) in [4.78, 5) is 19.6. The largest absolute Gasteiger partial charge is 0.444 e. The van der Waals surface area contributed by atoms with Gasteiger partial charge in [-0.3, -0.25) is 4.99 Å². The molecule has 6 nitrogen and oxygen atoms in total. The van der Waals surface area contributed by atoms with Crippen LogP contribution in [0.2, 0.25) is 0 Å². The highest BCUT2D eigenvalue weighted by molar-refractivity contribution is 14.0. The Morgan fingerprint density at radius 2 is 2.12 bits per heavy atom. The van der Waals surface area contributed by atoms with Gasteiger partial charge in [-0.15, -0.1) is 35.3 Å². The van der Waals surface area contributed by atoms with Gasteiger partial charge in [0.2, 0.25) is 0 Å². The number of thiophene rings is 1. The maximum atomic E-state index is 12.3. The SMILES string of the molecule is CN=C(NCCN(C(=O)OC(C)(C)C)C1CC1)NCc1cccs1.I. The number of nitrogens with zero attached hydrogens (tertiary/aromatic N) is 2. The third-order valence-electron chi connectivity index (χ3n) is 3.49. The van der Waals surface area contributed by atoms with Gasteiger partial charge in [-0.2, -0.15) is 0 Å². The third-order valence-corrected chi connectivity index (χ3v) is 4.37. The lowest BCUT2D eigenvalue weighted by molar-refractivity contribution is 0.0238. The van der Waals surface area contributed by atoms with Crippen LogP contribution in [-0.4, -0.2) is 48.7 Å². The molecule has 1 aromatic rings. The molecule has 0 saturated heterocycles. The van der Waals surface area contributed by atoms with Gasteiger partial charge >= 0.3 is 6.09 Å². The van der Waals surface area contributed by atoms with Crippen LogP contribution in [0, 0.1) is 0 Å². The molecule has 1 heterocycles. The zero-order chi connectivity index (χ0) is 17.6. The molecule has 1 amide bonds. The van der Waals surface area contributed by atoms with Gasteiger partial charge < -0.3 is 20.3 Å². The van der Waals surface area contributed by atoms with Crippen molar-refractivity contribution in [2.75, 3.05) is 20.1 Å². The molecule has 8 heteroatoms. The highest BCUT2D eigenvalue weighted by Gasteiger charge is 2.34. The first-order valence-corrected chi connectivity index (χ1v) is 9.23. The summed E-state index contributed by atoms with van der Waals surface area (Å²) in [5.41, 5.74) is -0.462. The molecule has 1 aliphatic rings. The molecule has 0 aliphatic heterocycles. The molecule has 0 unspecified atom stereocenters. The van der Waals surface area contributed by atoms with E-state index >= 15 is 0 Å². The van der Waals surface area contributed by atoms with Crippen molar-refractivity contribution < 1.29 is 9.53 Å². The van der Waals surface area contributed by atoms with Crippen LogP contribution in [-0.2, 0) is 11.3 Å². The maximum Gasteiger partial charge on any atom is 0.410 e. The van der Waals surface area contributed by atoms with E-state index < -0.39 is 5.60 Å². The van der Waals surface area contributed by atoms with Crippen molar-refractivity contribution in [1.82, 2.24) is 15.5 Å². The van der Waals surface area contributed by atoms with E-state index in [1.54, 1.807) is 18.4 Å². The van der Waals surface area contributed by atoms with E-state index in [1.165, 1.54) is 4.88 Å². The average molecular weight is 480 g/mol. The van der Waals surface area contributed by atoms with Crippen LogP contribution in [0.25, 0.3) is 0 Å². The van der Waals surface area contributed by atoms with Crippen LogP contribution in [0.3, 0.4) is 0 Å². The Labute approximate surface area is 171 Å². The molecule has 0 bridgehead atoms. The van der Waals surface area contributed by atoms with E-state index in [4.69, 9.17) is 4.74 Å². The van der Waals surface area contributed by atoms with Gasteiger partial charge in [0.15, 0.2) is 5.96 Å². The molecule has 2 N–H and O–H groups in total. The van der Waals surface area contributed by atoms with Crippen LogP contribution in [0.1, 0.15) is 38.5 Å². The first kappa shape index (κ1) is 22.0. The Bertz CT molecular complexity index is 553. The number of nitrogens with one attached hydrogen (secondary N) is 2. The number of carbonyl (C=O) groups excluding carboxylic acids is 1. The fraction of sp³-hybridized carbons (Fsp3) is 0.647. The Morgan fingerprint density at radius 3 is 2.64 bits per heavy atom. The fourth-order valence-electron chi connectivity index (χ4n) is 2.23. The molecule has 1 aromatic heterocycles. The highest BCUT2D eigenvalue weighted by atomic mass is 127. The normalized spacial score (nSPS) is 14.5. The fourth-order valence-corrected chi connectivity index (χ4v) is 2.87. The summed E-state index contributed by atoms with van der Waals surface area (Å²) in [6.07, 6.45) is 1.89. The van der Waals surface area contributed by atoms with Crippen molar-refractivity contribution in [3.8, 4) is 0 Å². The lowest BCUT2D eigenvalue weighted by Gasteiger charge is -2.27. The summed E-state index contributed by atoms with van der Waals surface area (Å²) in [6, 6.07) is 4.44. The quantitative estimate of drug-likeness (QED) is 0.372. The van der Waals surface area contributed by atoms with E-state index in [0.717, 1.165) is 25.3 Å². The summed E-state index contributed by atoms with van der Waals surface area (Å²) in [7, 11) is 1.75. The number of rotatable bonds is 6. The van der Waals surface area contributed by atoms with Crippen LogP contribution < -0.4 is 10.6 Å². The van der Waals surface area contributed by atoms with Gasteiger partial charge in [-0.05, 0) is 45.1 Å². The number of amides is 1. The smallest absolute Gasteiger partial charge is 0.410 e. The van der Waals surface area contributed by atoms with E-state index in [9.17, 15) is 4.79 Å². The molecular formula is C17H29IN4O2S. The molecule has 142 valence electrons. The van der Waals surface area contributed by atoms with Gasteiger partial charge in [0, 0.05) is 31.1 Å². The zero-order valence-corrected chi connectivity index (χ0v) is 18.5. The Morgan fingerprint density at radius 1 is 1.40 bits per heavy atom. The topological polar surface area (TPSA) is 66.0 Å². The van der Waals surface area contributed by atoms with E-state index in [0.29, 0.717) is 19.1 Å². The summed E-state index contributed by atoms with van der Waals surface area (Å²) in [5.74, 6) is 0.739. The molecule has 1 aliphatic carbocycles. The molecule has 0 atom stereocenters. The first-order valence-electron chi connectivity index (χ1n) is 8.35. The van der Waals surface area contributed by atoms with Crippen LogP contribution in [0.15, 0.2) is 22.5 Å². The molecule has 1 fully saturated rings. The Hall–Kier alpha value is -1.03. The standard InChI is InChI=1S/C17H28N4O2S.HI/c1-17(2,3)23-16(22)21(13-7-8-13)10-9-19-15(18-4)20-12-14-6-5-11-24-14;/h5-6,11,13H,7-10,12H2,1-4H3,(H2,18,19,20);1H. The minimum atomic E-state index is -0.462. The summed E-state index contributed by atoms with van der Waals surface area (Å²) in [5, 5.41) is 8.59. The first-order chi connectivity index (χ1) is 11.4. The molecule has 25 heavy (non-hydrogen) atoms. The molecule has 0 radical (unpaired) electrons. The lowest BCUT2D eigenvalue weighted by Crippen LogP contribution is -2.45. The number of aliphatic imine (C=N–C) groups is 1. The minimum absolute atomic E-state index is 0. The van der Waals surface area contributed by atoms with Crippen molar-refractivity contribution in [2.24, 2.45) is 4.99 Å². The molecule has 2 rings (SSSR count). The summed E-state index contributed by atoms with van der Waals surface area (Å²) in [6.45, 7) is 7.68. The number of ether oxygens (including phenoxy) is 1. The van der Waals surface area contributed by atoms with Crippen molar-refractivity contribution in [3.05, 3.63) is 22.4 Å². The van der Waals surface area contributed by atoms with Crippen molar-refractivity contribution >= 4 is 47.4 Å². The van der Waals surface area contributed by atoms with Gasteiger partial charge in [0.1, 0.15) is 5.60 Å². The molecular weight excluding hydrogens is 451 g/mol. The van der Waals surface area contributed by atoms with Crippen molar-refractivity contribution in [2.45, 2.75) is 51.8 Å². The van der Waals surface area contributed by atoms with Gasteiger partial charge in [0.05, 0.1) is 6.54 Å². The maximum absolute atomic E-state index is 12.3. The Kier molecular flexibility index (Phi) is 8.98. The zero-order valence-electron chi connectivity index (χ0n) is 15.4. The predicted molar refractivity (Wildman–Crippen MR) is 114 cm³/mol. The van der Waals surface area contributed by atoms with Crippen LogP contribution in [0.5, 0.6) is 0 Å². The second kappa shape index (κ2) is 10.2. The van der Waals surface area contributed by atoms with E-state index in [1.807, 2.05) is 31.7 Å². The van der Waals surface area contributed by atoms with Crippen LogP contribution >= 0.6 is 35.3 Å². The van der Waals surface area contributed by atoms with Gasteiger partial charge in [-0.25, -0.2) is 4.79 Å². The average Bonchev–Trinajstić information content (AvgIpc) is 3.19. The lowest BCUT2D eigenvalue weighted by atomic mass is 10.2. The number of guanidine groups is 1. The summed E-state index contributed by atoms with van der Waals surface area (Å²) < 4.78 is 5.50. The molecule has 0 spiro atoms. The highest BCUT2D eigenvalue weighted by Crippen LogP contribution is 2.27. The number of halogens is 1. The van der Waals surface area contributed by atoms with E-state index in [-0.39, 0.29) is 30.1 Å². The minimum Gasteiger partial charge on any atom is -0.444 e. The third kappa shape index (κ3) is 8.26. The van der Waals surface area contributed by atoms with Gasteiger partial charge in [0.25, 0.3) is 0 Å². The summed E-state index contributed by atoms with van der Waals surface area (Å²) >= 11 is 1.71. The second-order valence-corrected chi connectivity index (χ2v) is 7.87. The van der Waals surface area contributed by atoms with E-state index in [2.05, 4.69) is 27.1 Å². The predicted octanol–water partition coefficient (Wildman–Crippen LogP) is 3.43. The van der Waals surface area contributed by atoms with Crippen molar-refractivity contribution in [1.29, 1.82) is 0 Å². The van der Waals surface area contributed by atoms with Crippen LogP contribution in [0.4, 0.5) is 4.79 Å². The number of carbonyl (C=O) groups is 1. The van der Waals surface area contributed by atoms with Gasteiger partial charge in [-0.1, -0.05) is 6.07 Å². The molecule has 0 aromatic carbocycles.